The second kappa shape index (κ2) is 12.2. The molecule has 0 atom stereocenters. The van der Waals surface area contributed by atoms with Gasteiger partial charge < -0.3 is 18.6 Å². The zero-order valence-electron chi connectivity index (χ0n) is 39.1. The van der Waals surface area contributed by atoms with E-state index in [0.717, 1.165) is 0 Å². The molecule has 0 bridgehead atoms. The van der Waals surface area contributed by atoms with Crippen LogP contribution in [0.25, 0.3) is 82.5 Å². The van der Waals surface area contributed by atoms with Gasteiger partial charge in [0.1, 0.15) is 0 Å². The molecule has 0 N–H and O–H groups in total. The Balaban J connectivity index is 1.19. The number of para-hydroxylation sites is 5. The van der Waals surface area contributed by atoms with Crippen molar-refractivity contribution in [2.24, 2.45) is 0 Å². The zero-order chi connectivity index (χ0) is 45.3. The lowest BCUT2D eigenvalue weighted by Crippen LogP contribution is -2.67. The average Bonchev–Trinajstić information content (AvgIpc) is 3.99. The number of hydrogen-bond acceptors (Lipinski definition) is 1. The molecule has 320 valence electrons. The minimum atomic E-state index is -0.0750. The van der Waals surface area contributed by atoms with Gasteiger partial charge in [0.25, 0.3) is 13.4 Å². The van der Waals surface area contributed by atoms with Gasteiger partial charge >= 0.3 is 0 Å². The Morgan fingerprint density at radius 3 is 1.53 bits per heavy atom. The predicted molar refractivity (Wildman–Crippen MR) is 291 cm³/mol. The van der Waals surface area contributed by atoms with Crippen LogP contribution in [-0.4, -0.2) is 27.1 Å². The molecule has 0 radical (unpaired) electrons. The van der Waals surface area contributed by atoms with Crippen LogP contribution in [0.4, 0.5) is 17.1 Å². The Bertz CT molecular complexity index is 4290. The number of rotatable bonds is 2. The van der Waals surface area contributed by atoms with Gasteiger partial charge in [0.15, 0.2) is 0 Å². The fourth-order valence-corrected chi connectivity index (χ4v) is 13.5. The number of hydrogen-bond donors (Lipinski definition) is 0. The minimum absolute atomic E-state index is 0.0129. The number of nitrogens with zero attached hydrogens (tertiary/aromatic N) is 4. The highest BCUT2D eigenvalue weighted by Crippen LogP contribution is 2.48. The van der Waals surface area contributed by atoms with Crippen molar-refractivity contribution in [3.8, 4) is 17.1 Å². The summed E-state index contributed by atoms with van der Waals surface area (Å²) in [6.07, 6.45) is 0. The molecule has 0 unspecified atom stereocenters. The topological polar surface area (TPSA) is 18.0 Å². The molecule has 0 saturated heterocycles. The molecule has 68 heavy (non-hydrogen) atoms. The summed E-state index contributed by atoms with van der Waals surface area (Å²) in [5, 5.41) is 7.93. The standard InChI is InChI=1S/C62H46B2N4/c1-61(2,3)35-29-41-42-30-36(62(4,5)6)32-46-57(42)68-56(41)45(31-35)63-44-25-15-18-28-50(44)65(37-19-9-7-10-20-37)51-34-52-55(60(68)54(51)63)64(46)47-33-43-39-23-13-16-26-48(39)66(38-21-11-8-12-22-38)58(43)53-40-24-14-17-27-49(40)67(52)59(47)53/h7-34H,1-6H3. The third kappa shape index (κ3) is 4.37. The summed E-state index contributed by atoms with van der Waals surface area (Å²) in [5.74, 6) is 0. The summed E-state index contributed by atoms with van der Waals surface area (Å²) in [6.45, 7) is 14.4. The first-order valence-electron chi connectivity index (χ1n) is 24.4. The molecule has 0 amide bonds. The Labute approximate surface area is 395 Å². The van der Waals surface area contributed by atoms with Crippen molar-refractivity contribution in [2.75, 3.05) is 4.90 Å². The van der Waals surface area contributed by atoms with Gasteiger partial charge in [-0.2, -0.15) is 0 Å². The second-order valence-electron chi connectivity index (χ2n) is 22.1. The highest BCUT2D eigenvalue weighted by molar-refractivity contribution is 7.04. The summed E-state index contributed by atoms with van der Waals surface area (Å²) < 4.78 is 7.99. The molecule has 0 spiro atoms. The summed E-state index contributed by atoms with van der Waals surface area (Å²) in [4.78, 5) is 2.58. The SMILES string of the molecule is CC(C)(C)c1cc2c3c(c1)c1cc(C(C)(C)C)cc4c1n3-c1c3c(cc5c1B4c1cc4c6ccccc6n(-c6ccccc6)c4c4c6ccccc6n-5c14)N(c1ccccc1)c1ccccc1B32. The highest BCUT2D eigenvalue weighted by atomic mass is 15.2. The monoisotopic (exact) mass is 868 g/mol. The number of fused-ring (bicyclic) bond motifs is 14. The molecule has 4 aliphatic heterocycles. The van der Waals surface area contributed by atoms with Gasteiger partial charge in [-0.05, 0) is 115 Å². The van der Waals surface area contributed by atoms with Crippen LogP contribution < -0.4 is 37.7 Å². The molecule has 12 aromatic rings. The molecule has 16 rings (SSSR count). The van der Waals surface area contributed by atoms with Crippen molar-refractivity contribution < 1.29 is 0 Å². The fraction of sp³-hybridized carbons (Fsp3) is 0.129. The number of anilines is 3. The van der Waals surface area contributed by atoms with Gasteiger partial charge in [-0.1, -0.05) is 151 Å². The fourth-order valence-electron chi connectivity index (χ4n) is 13.5. The van der Waals surface area contributed by atoms with E-state index in [1.807, 2.05) is 0 Å². The first-order valence-corrected chi connectivity index (χ1v) is 24.4. The third-order valence-electron chi connectivity index (χ3n) is 16.4. The van der Waals surface area contributed by atoms with Gasteiger partial charge in [0.05, 0.1) is 22.1 Å². The van der Waals surface area contributed by atoms with Crippen molar-refractivity contribution in [2.45, 2.75) is 52.4 Å². The normalized spacial score (nSPS) is 14.2. The smallest absolute Gasteiger partial charge is 0.252 e. The van der Waals surface area contributed by atoms with E-state index in [4.69, 9.17) is 0 Å². The molecular formula is C62H46B2N4. The van der Waals surface area contributed by atoms with Crippen LogP contribution >= 0.6 is 0 Å². The maximum Gasteiger partial charge on any atom is 0.252 e. The first kappa shape index (κ1) is 37.4. The lowest BCUT2D eigenvalue weighted by molar-refractivity contribution is 0.591. The van der Waals surface area contributed by atoms with E-state index in [1.165, 1.54) is 143 Å². The quantitative estimate of drug-likeness (QED) is 0.158. The van der Waals surface area contributed by atoms with Crippen molar-refractivity contribution >= 4 is 129 Å². The summed E-state index contributed by atoms with van der Waals surface area (Å²) in [5.41, 5.74) is 26.4. The maximum atomic E-state index is 2.77. The Morgan fingerprint density at radius 2 is 0.868 bits per heavy atom. The van der Waals surface area contributed by atoms with Gasteiger partial charge in [-0.3, -0.25) is 0 Å². The van der Waals surface area contributed by atoms with Crippen LogP contribution in [0.5, 0.6) is 0 Å². The second-order valence-corrected chi connectivity index (χ2v) is 22.1. The number of benzene rings is 9. The number of aromatic nitrogens is 3. The van der Waals surface area contributed by atoms with Crippen LogP contribution in [0.2, 0.25) is 0 Å². The van der Waals surface area contributed by atoms with E-state index >= 15 is 0 Å². The van der Waals surface area contributed by atoms with E-state index in [-0.39, 0.29) is 24.3 Å². The van der Waals surface area contributed by atoms with Crippen LogP contribution in [-0.2, 0) is 10.8 Å². The first-order chi connectivity index (χ1) is 33.1. The van der Waals surface area contributed by atoms with Crippen LogP contribution in [0.3, 0.4) is 0 Å². The van der Waals surface area contributed by atoms with Crippen molar-refractivity contribution in [3.63, 3.8) is 0 Å². The largest absolute Gasteiger partial charge is 0.311 e. The summed E-state index contributed by atoms with van der Waals surface area (Å²) >= 11 is 0. The van der Waals surface area contributed by atoms with Crippen molar-refractivity contribution in [1.82, 2.24) is 13.7 Å². The zero-order valence-corrected chi connectivity index (χ0v) is 39.1. The molecule has 4 nitrogen and oxygen atoms in total. The molecule has 0 aliphatic carbocycles. The van der Waals surface area contributed by atoms with Gasteiger partial charge in [0.2, 0.25) is 0 Å². The Hall–Kier alpha value is -7.69. The molecular weight excluding hydrogens is 822 g/mol. The Morgan fingerprint density at radius 1 is 0.353 bits per heavy atom. The van der Waals surface area contributed by atoms with Crippen LogP contribution in [0, 0.1) is 0 Å². The van der Waals surface area contributed by atoms with E-state index in [0.29, 0.717) is 0 Å². The van der Waals surface area contributed by atoms with Crippen LogP contribution in [0.1, 0.15) is 52.7 Å². The van der Waals surface area contributed by atoms with Crippen molar-refractivity contribution in [3.05, 3.63) is 181 Å². The highest BCUT2D eigenvalue weighted by Gasteiger charge is 2.50. The lowest BCUT2D eigenvalue weighted by atomic mass is 9.29. The molecule has 4 aliphatic rings. The Kier molecular flexibility index (Phi) is 6.74. The molecule has 7 heterocycles. The maximum absolute atomic E-state index is 2.77. The van der Waals surface area contributed by atoms with E-state index in [1.54, 1.807) is 0 Å². The predicted octanol–water partition coefficient (Wildman–Crippen LogP) is 11.3. The van der Waals surface area contributed by atoms with Crippen molar-refractivity contribution in [1.29, 1.82) is 0 Å². The van der Waals surface area contributed by atoms with Crippen LogP contribution in [0.15, 0.2) is 170 Å². The minimum Gasteiger partial charge on any atom is -0.311 e. The molecule has 6 heteroatoms. The third-order valence-corrected chi connectivity index (χ3v) is 16.4. The molecule has 3 aromatic heterocycles. The molecule has 9 aromatic carbocycles. The van der Waals surface area contributed by atoms with Gasteiger partial charge in [-0.15, -0.1) is 0 Å². The molecule has 0 saturated carbocycles. The molecule has 0 fully saturated rings. The van der Waals surface area contributed by atoms with Gasteiger partial charge in [0, 0.05) is 77.5 Å². The van der Waals surface area contributed by atoms with E-state index in [2.05, 4.69) is 230 Å². The van der Waals surface area contributed by atoms with E-state index in [9.17, 15) is 0 Å². The summed E-state index contributed by atoms with van der Waals surface area (Å²) in [6, 6.07) is 65.3. The summed E-state index contributed by atoms with van der Waals surface area (Å²) in [7, 11) is 0. The average molecular weight is 869 g/mol. The lowest BCUT2D eigenvalue weighted by Gasteiger charge is -2.44. The van der Waals surface area contributed by atoms with Gasteiger partial charge in [-0.25, -0.2) is 0 Å². The van der Waals surface area contributed by atoms with E-state index < -0.39 is 0 Å².